The summed E-state index contributed by atoms with van der Waals surface area (Å²) in [7, 11) is 0. The van der Waals surface area contributed by atoms with E-state index in [4.69, 9.17) is 19.6 Å². The molecule has 0 bridgehead atoms. The van der Waals surface area contributed by atoms with E-state index in [9.17, 15) is 71.0 Å². The molecule has 0 radical (unpaired) electrons. The van der Waals surface area contributed by atoms with Crippen molar-refractivity contribution in [1.82, 2.24) is 51.7 Å². The number of rotatable bonds is 22. The number of hydrogen-bond donors (Lipinski definition) is 9. The number of ether oxygens (including phenoxy) is 2. The first kappa shape index (κ1) is 58.2. The van der Waals surface area contributed by atoms with Crippen LogP contribution in [0.25, 0.3) is 22.3 Å². The molecule has 4 aliphatic rings. The minimum absolute atomic E-state index is 0.000968. The number of fused-ring (bicyclic) bond motifs is 5. The van der Waals surface area contributed by atoms with Crippen LogP contribution in [0.5, 0.6) is 0 Å². The third kappa shape index (κ3) is 12.3. The number of carboxylic acid groups (broad SMARTS) is 1. The molecule has 1 aliphatic carbocycles. The fraction of sp³-hybridized carbons (Fsp3) is 0.385. The third-order valence-electron chi connectivity index (χ3n) is 14.0. The largest absolute Gasteiger partial charge is 0.480 e. The first-order valence-corrected chi connectivity index (χ1v) is 25.1. The van der Waals surface area contributed by atoms with Crippen LogP contribution in [0, 0.1) is 12.7 Å². The molecule has 9 N–H and O–H groups in total. The van der Waals surface area contributed by atoms with E-state index in [2.05, 4.69) is 31.9 Å². The molecule has 5 heterocycles. The quantitative estimate of drug-likeness (QED) is 0.0168. The van der Waals surface area contributed by atoms with Crippen molar-refractivity contribution in [2.75, 3.05) is 39.5 Å². The molecule has 81 heavy (non-hydrogen) atoms. The van der Waals surface area contributed by atoms with Gasteiger partial charge in [0.1, 0.15) is 31.2 Å². The Morgan fingerprint density at radius 2 is 1.53 bits per heavy atom. The zero-order chi connectivity index (χ0) is 58.7. The summed E-state index contributed by atoms with van der Waals surface area (Å²) in [5.74, 6) is -11.3. The summed E-state index contributed by atoms with van der Waals surface area (Å²) < 4.78 is 70.8. The molecule has 3 aliphatic heterocycles. The molecule has 8 amide bonds. The van der Waals surface area contributed by atoms with Crippen LogP contribution in [0.15, 0.2) is 59.4 Å². The van der Waals surface area contributed by atoms with E-state index in [1.54, 1.807) is 30.3 Å². The van der Waals surface area contributed by atoms with Crippen molar-refractivity contribution in [3.63, 3.8) is 0 Å². The molecule has 5 atom stereocenters. The molecule has 0 unspecified atom stereocenters. The van der Waals surface area contributed by atoms with Gasteiger partial charge in [-0.15, -0.1) is 0 Å². The van der Waals surface area contributed by atoms with Gasteiger partial charge in [0, 0.05) is 47.7 Å². The van der Waals surface area contributed by atoms with Crippen LogP contribution in [-0.4, -0.2) is 148 Å². The fourth-order valence-corrected chi connectivity index (χ4v) is 9.99. The van der Waals surface area contributed by atoms with E-state index >= 15 is 4.39 Å². The van der Waals surface area contributed by atoms with Gasteiger partial charge in [0.05, 0.1) is 61.2 Å². The molecule has 4 aromatic rings. The SMILES string of the molecule is CC[C@@]1(O)C(=O)OCc2c1cc1n(c2=O)Cc2c-1nc1cc(F)c(C)c3c1c2[C@H](NC(=O)[C@H](OCNC(=O)CNC(=O)[C@H](Cc1ccccc1)NC(=O)CNC(=O)CNC(=O)[C@H](CNCC(=O)O)N1C(=O)C=CC1=O)C(F)(F)F)CC3. The summed E-state index contributed by atoms with van der Waals surface area (Å²) in [6.45, 7) is -2.34. The highest BCUT2D eigenvalue weighted by atomic mass is 19.4. The first-order chi connectivity index (χ1) is 38.4. The number of carbonyl (C=O) groups excluding carboxylic acids is 9. The van der Waals surface area contributed by atoms with Crippen molar-refractivity contribution in [3.05, 3.63) is 110 Å². The van der Waals surface area contributed by atoms with Crippen LogP contribution in [0.4, 0.5) is 17.6 Å². The molecule has 0 saturated carbocycles. The number of aryl methyl sites for hydroxylation is 1. The van der Waals surface area contributed by atoms with Crippen molar-refractivity contribution < 1.29 is 85.2 Å². The number of aliphatic hydroxyl groups is 1. The van der Waals surface area contributed by atoms with Crippen LogP contribution in [0.1, 0.15) is 64.8 Å². The second-order valence-corrected chi connectivity index (χ2v) is 19.2. The number of halogens is 4. The standard InChI is InChI=1S/C52H52F4N10O15/c1-3-51(79)29-14-34-44-27(21-65(34)49(77)28(29)22-80-50(51)78)43-31(10-9-26-24(2)30(53)15-32(63-44)42(26)43)64-48(76)45(52(54,55)56)81-23-61-37(68)18-59-46(74)33(13-25-7-5-4-6-8-25)62-38(69)19-58-36(67)17-60-47(75)35(16-57-20-41(72)73)66-39(70)11-12-40(66)71/h4-8,11-12,14-15,31,33,35,45,57,79H,3,9-10,13,16-23H2,1-2H3,(H,58,67)(H,59,74)(H,60,75)(H,61,68)(H,62,69)(H,64,76)(H,72,73)/t31-,33+,35+,45+,51+/m1/s1. The Morgan fingerprint density at radius 1 is 0.864 bits per heavy atom. The topological polar surface area (TPSA) is 352 Å². The lowest BCUT2D eigenvalue weighted by Gasteiger charge is -2.31. The molecule has 2 aromatic heterocycles. The Labute approximate surface area is 455 Å². The van der Waals surface area contributed by atoms with Gasteiger partial charge in [-0.25, -0.2) is 14.2 Å². The van der Waals surface area contributed by atoms with E-state index in [-0.39, 0.29) is 71.4 Å². The number of aliphatic carboxylic acids is 1. The Hall–Kier alpha value is -8.96. The van der Waals surface area contributed by atoms with Crippen molar-refractivity contribution in [1.29, 1.82) is 0 Å². The molecular weight excluding hydrogens is 1080 g/mol. The molecule has 8 rings (SSSR count). The van der Waals surface area contributed by atoms with Crippen LogP contribution in [0.2, 0.25) is 0 Å². The van der Waals surface area contributed by atoms with Gasteiger partial charge in [-0.3, -0.25) is 52.8 Å². The summed E-state index contributed by atoms with van der Waals surface area (Å²) in [5.41, 5.74) is -0.720. The summed E-state index contributed by atoms with van der Waals surface area (Å²) in [6.07, 6.45) is -7.03. The molecule has 2 aromatic carbocycles. The Morgan fingerprint density at radius 3 is 2.20 bits per heavy atom. The second kappa shape index (κ2) is 23.8. The zero-order valence-corrected chi connectivity index (χ0v) is 43.0. The molecule has 428 valence electrons. The van der Waals surface area contributed by atoms with E-state index in [0.717, 1.165) is 18.2 Å². The van der Waals surface area contributed by atoms with Gasteiger partial charge >= 0.3 is 18.1 Å². The summed E-state index contributed by atoms with van der Waals surface area (Å²) in [6, 6.07) is 6.52. The summed E-state index contributed by atoms with van der Waals surface area (Å²) in [5, 5.41) is 36.5. The fourth-order valence-electron chi connectivity index (χ4n) is 9.99. The normalized spacial score (nSPS) is 17.9. The van der Waals surface area contributed by atoms with Crippen LogP contribution in [-0.2, 0) is 89.0 Å². The highest BCUT2D eigenvalue weighted by molar-refractivity contribution is 6.15. The molecule has 25 nitrogen and oxygen atoms in total. The number of hydrogen-bond acceptors (Lipinski definition) is 16. The molecule has 0 fully saturated rings. The monoisotopic (exact) mass is 1130 g/mol. The zero-order valence-electron chi connectivity index (χ0n) is 43.0. The van der Waals surface area contributed by atoms with Gasteiger partial charge in [0.2, 0.25) is 35.6 Å². The van der Waals surface area contributed by atoms with E-state index in [1.165, 1.54) is 24.5 Å². The number of nitrogens with zero attached hydrogens (tertiary/aromatic N) is 3. The lowest BCUT2D eigenvalue weighted by molar-refractivity contribution is -0.220. The number of pyridine rings is 2. The Balaban J connectivity index is 0.885. The highest BCUT2D eigenvalue weighted by Crippen LogP contribution is 2.46. The average Bonchev–Trinajstić information content (AvgIpc) is 2.31. The van der Waals surface area contributed by atoms with E-state index in [0.29, 0.717) is 27.0 Å². The molecular formula is C52H52F4N10O15. The predicted octanol–water partition coefficient (Wildman–Crippen LogP) is -1.30. The maximum absolute atomic E-state index is 15.4. The van der Waals surface area contributed by atoms with E-state index < -0.39 is 153 Å². The summed E-state index contributed by atoms with van der Waals surface area (Å²) >= 11 is 0. The molecule has 0 spiro atoms. The number of cyclic esters (lactones) is 1. The van der Waals surface area contributed by atoms with Crippen molar-refractivity contribution in [2.45, 2.75) is 88.7 Å². The van der Waals surface area contributed by atoms with Gasteiger partial charge in [-0.1, -0.05) is 37.3 Å². The number of aromatic nitrogens is 2. The predicted molar refractivity (Wildman–Crippen MR) is 269 cm³/mol. The van der Waals surface area contributed by atoms with E-state index in [1.807, 2.05) is 5.32 Å². The lowest BCUT2D eigenvalue weighted by Crippen LogP contribution is -2.56. The number of alkyl halides is 3. The number of esters is 1. The van der Waals surface area contributed by atoms with Gasteiger partial charge < -0.3 is 61.5 Å². The number of carboxylic acids is 1. The molecule has 0 saturated heterocycles. The second-order valence-electron chi connectivity index (χ2n) is 19.2. The maximum Gasteiger partial charge on any atom is 0.423 e. The van der Waals surface area contributed by atoms with Gasteiger partial charge in [-0.2, -0.15) is 13.2 Å². The van der Waals surface area contributed by atoms with Gasteiger partial charge in [0.15, 0.2) is 5.60 Å². The number of nitrogens with one attached hydrogen (secondary N) is 7. The Bertz CT molecular complexity index is 3370. The smallest absolute Gasteiger partial charge is 0.423 e. The van der Waals surface area contributed by atoms with Crippen LogP contribution < -0.4 is 42.8 Å². The van der Waals surface area contributed by atoms with Crippen molar-refractivity contribution in [2.24, 2.45) is 0 Å². The third-order valence-corrected chi connectivity index (χ3v) is 14.0. The van der Waals surface area contributed by atoms with Crippen LogP contribution >= 0.6 is 0 Å². The van der Waals surface area contributed by atoms with Crippen LogP contribution in [0.3, 0.4) is 0 Å². The van der Waals surface area contributed by atoms with Gasteiger partial charge in [-0.05, 0) is 54.5 Å². The number of carbonyl (C=O) groups is 10. The Kier molecular flexibility index (Phi) is 17.1. The number of benzene rings is 2. The minimum Gasteiger partial charge on any atom is -0.480 e. The minimum atomic E-state index is -5.36. The number of amides is 8. The molecule has 29 heteroatoms. The first-order valence-electron chi connectivity index (χ1n) is 25.1. The van der Waals surface area contributed by atoms with Gasteiger partial charge in [0.25, 0.3) is 23.3 Å². The van der Waals surface area contributed by atoms with Crippen molar-refractivity contribution >= 4 is 70.1 Å². The van der Waals surface area contributed by atoms with Crippen molar-refractivity contribution in [3.8, 4) is 11.4 Å². The average molecular weight is 1130 g/mol. The lowest BCUT2D eigenvalue weighted by atomic mass is 9.81. The highest BCUT2D eigenvalue weighted by Gasteiger charge is 2.49. The number of imide groups is 1. The maximum atomic E-state index is 15.4. The summed E-state index contributed by atoms with van der Waals surface area (Å²) in [4.78, 5) is 146.